The zero-order valence-corrected chi connectivity index (χ0v) is 19.0. The Hall–Kier alpha value is -3.24. The molecular formula is C23H18ClF3N2O4S. The topological polar surface area (TPSA) is 75.7 Å². The first-order valence-electron chi connectivity index (χ1n) is 9.99. The lowest BCUT2D eigenvalue weighted by Gasteiger charge is -2.21. The third-order valence-electron chi connectivity index (χ3n) is 5.11. The molecule has 1 amide bonds. The lowest BCUT2D eigenvalue weighted by Crippen LogP contribution is -2.32. The smallest absolute Gasteiger partial charge is 0.416 e. The van der Waals surface area contributed by atoms with Crippen LogP contribution in [0.15, 0.2) is 71.6 Å². The van der Waals surface area contributed by atoms with Crippen molar-refractivity contribution in [2.75, 3.05) is 11.3 Å². The van der Waals surface area contributed by atoms with E-state index >= 15 is 0 Å². The highest BCUT2D eigenvalue weighted by Crippen LogP contribution is 2.31. The van der Waals surface area contributed by atoms with E-state index in [1.165, 1.54) is 53.4 Å². The summed E-state index contributed by atoms with van der Waals surface area (Å²) in [5, 5.41) is 0.266. The summed E-state index contributed by atoms with van der Waals surface area (Å²) in [6.45, 7) is -0.333. The van der Waals surface area contributed by atoms with Crippen molar-refractivity contribution in [2.24, 2.45) is 0 Å². The fourth-order valence-electron chi connectivity index (χ4n) is 3.49. The second-order valence-corrected chi connectivity index (χ2v) is 9.74. The van der Waals surface area contributed by atoms with Crippen molar-refractivity contribution in [3.05, 3.63) is 88.4 Å². The van der Waals surface area contributed by atoms with Gasteiger partial charge in [-0.2, -0.15) is 13.2 Å². The van der Waals surface area contributed by atoms with Crippen LogP contribution in [-0.4, -0.2) is 25.8 Å². The summed E-state index contributed by atoms with van der Waals surface area (Å²) in [6, 6.07) is 15.1. The molecule has 1 aliphatic heterocycles. The minimum atomic E-state index is -4.50. The number of hydrogen-bond donors (Lipinski definition) is 1. The molecule has 3 aromatic carbocycles. The van der Waals surface area contributed by atoms with Gasteiger partial charge in [-0.1, -0.05) is 29.8 Å². The van der Waals surface area contributed by atoms with Gasteiger partial charge in [0.25, 0.3) is 15.9 Å². The first kappa shape index (κ1) is 23.9. The number of sulfonamides is 1. The van der Waals surface area contributed by atoms with E-state index in [0.717, 1.165) is 12.1 Å². The van der Waals surface area contributed by atoms with E-state index in [2.05, 4.69) is 4.72 Å². The van der Waals surface area contributed by atoms with Gasteiger partial charge in [0.05, 0.1) is 10.5 Å². The van der Waals surface area contributed by atoms with Gasteiger partial charge in [-0.05, 0) is 54.1 Å². The number of fused-ring (bicyclic) bond motifs is 1. The lowest BCUT2D eigenvalue weighted by atomic mass is 10.1. The fraction of sp³-hybridized carbons (Fsp3) is 0.174. The number of anilines is 1. The number of amides is 1. The van der Waals surface area contributed by atoms with Gasteiger partial charge in [-0.15, -0.1) is 0 Å². The van der Waals surface area contributed by atoms with Crippen molar-refractivity contribution in [1.29, 1.82) is 0 Å². The highest BCUT2D eigenvalue weighted by atomic mass is 35.5. The molecule has 1 heterocycles. The van der Waals surface area contributed by atoms with Crippen LogP contribution < -0.4 is 9.46 Å². The van der Waals surface area contributed by atoms with Gasteiger partial charge in [0.2, 0.25) is 0 Å². The van der Waals surface area contributed by atoms with Crippen LogP contribution in [0.5, 0.6) is 5.75 Å². The number of ether oxygens (including phenoxy) is 1. The maximum atomic E-state index is 13.0. The van der Waals surface area contributed by atoms with Crippen LogP contribution in [0.2, 0.25) is 5.02 Å². The van der Waals surface area contributed by atoms with Gasteiger partial charge >= 0.3 is 6.18 Å². The van der Waals surface area contributed by atoms with Crippen molar-refractivity contribution < 1.29 is 31.1 Å². The maximum absolute atomic E-state index is 13.0. The van der Waals surface area contributed by atoms with Crippen molar-refractivity contribution >= 4 is 33.2 Å². The summed E-state index contributed by atoms with van der Waals surface area (Å²) in [7, 11) is -3.93. The van der Waals surface area contributed by atoms with Crippen LogP contribution in [-0.2, 0) is 34.1 Å². The van der Waals surface area contributed by atoms with Gasteiger partial charge in [0.15, 0.2) is 6.61 Å². The largest absolute Gasteiger partial charge is 0.483 e. The summed E-state index contributed by atoms with van der Waals surface area (Å²) in [6.07, 6.45) is -4.50. The molecule has 3 aromatic rings. The molecule has 0 aromatic heterocycles. The van der Waals surface area contributed by atoms with E-state index < -0.39 is 27.7 Å². The Balaban J connectivity index is 1.57. The molecular weight excluding hydrogens is 493 g/mol. The van der Waals surface area contributed by atoms with Crippen molar-refractivity contribution in [1.82, 2.24) is 4.90 Å². The second kappa shape index (κ2) is 9.19. The summed E-state index contributed by atoms with van der Waals surface area (Å²) < 4.78 is 72.5. The number of nitrogens with zero attached hydrogens (tertiary/aromatic N) is 1. The highest BCUT2D eigenvalue weighted by Gasteiger charge is 2.31. The Morgan fingerprint density at radius 1 is 1.03 bits per heavy atom. The Morgan fingerprint density at radius 3 is 2.53 bits per heavy atom. The quantitative estimate of drug-likeness (QED) is 0.519. The first-order valence-corrected chi connectivity index (χ1v) is 11.9. The molecule has 0 spiro atoms. The molecule has 0 radical (unpaired) electrons. The van der Waals surface area contributed by atoms with Crippen LogP contribution in [0, 0.1) is 0 Å². The zero-order valence-electron chi connectivity index (χ0n) is 17.5. The molecule has 178 valence electrons. The van der Waals surface area contributed by atoms with Crippen LogP contribution in [0.4, 0.5) is 18.9 Å². The molecule has 0 saturated heterocycles. The maximum Gasteiger partial charge on any atom is 0.416 e. The van der Waals surface area contributed by atoms with Crippen molar-refractivity contribution in [3.63, 3.8) is 0 Å². The van der Waals surface area contributed by atoms with Gasteiger partial charge in [0.1, 0.15) is 5.75 Å². The minimum absolute atomic E-state index is 0.0208. The molecule has 4 rings (SSSR count). The first-order chi connectivity index (χ1) is 16.0. The third kappa shape index (κ3) is 5.45. The lowest BCUT2D eigenvalue weighted by molar-refractivity contribution is -0.137. The number of rotatable bonds is 5. The zero-order chi connectivity index (χ0) is 24.5. The van der Waals surface area contributed by atoms with Crippen molar-refractivity contribution in [2.45, 2.75) is 24.2 Å². The van der Waals surface area contributed by atoms with Gasteiger partial charge in [-0.3, -0.25) is 9.52 Å². The predicted octanol–water partition coefficient (Wildman–Crippen LogP) is 5.08. The normalized spacial score (nSPS) is 14.2. The van der Waals surface area contributed by atoms with Crippen LogP contribution >= 0.6 is 11.6 Å². The number of halogens is 4. The number of benzene rings is 3. The number of nitrogens with one attached hydrogen (secondary N) is 1. The van der Waals surface area contributed by atoms with Crippen LogP contribution in [0.3, 0.4) is 0 Å². The third-order valence-corrected chi connectivity index (χ3v) is 6.73. The summed E-state index contributed by atoms with van der Waals surface area (Å²) in [5.74, 6) is -0.0275. The molecule has 6 nitrogen and oxygen atoms in total. The van der Waals surface area contributed by atoms with Crippen LogP contribution in [0.1, 0.15) is 16.7 Å². The average Bonchev–Trinajstić information content (AvgIpc) is 2.92. The van der Waals surface area contributed by atoms with E-state index in [4.69, 9.17) is 16.3 Å². The number of carbonyl (C=O) groups is 1. The second-order valence-electron chi connectivity index (χ2n) is 7.62. The minimum Gasteiger partial charge on any atom is -0.483 e. The SMILES string of the molecule is O=C1COc2ccc(NS(=O)(=O)c3cccc(Cl)c3)cc2CN1Cc1cccc(C(F)(F)F)c1. The van der Waals surface area contributed by atoms with E-state index in [9.17, 15) is 26.4 Å². The molecule has 1 N–H and O–H groups in total. The summed E-state index contributed by atoms with van der Waals surface area (Å²) in [4.78, 5) is 13.9. The standard InChI is InChI=1S/C23H18ClF3N2O4S/c24-18-5-2-6-20(11-18)34(31,32)28-19-7-8-21-16(10-19)13-29(22(30)14-33-21)12-15-3-1-4-17(9-15)23(25,26)27/h1-11,28H,12-14H2. The monoisotopic (exact) mass is 510 g/mol. The number of hydrogen-bond acceptors (Lipinski definition) is 4. The Morgan fingerprint density at radius 2 is 1.79 bits per heavy atom. The number of carbonyl (C=O) groups excluding carboxylic acids is 1. The summed E-state index contributed by atoms with van der Waals surface area (Å²) in [5.41, 5.74) is 0.242. The Bertz CT molecular complexity index is 1350. The van der Waals surface area contributed by atoms with Gasteiger partial charge < -0.3 is 9.64 Å². The fourth-order valence-corrected chi connectivity index (χ4v) is 4.84. The summed E-state index contributed by atoms with van der Waals surface area (Å²) >= 11 is 5.89. The van der Waals surface area contributed by atoms with Crippen molar-refractivity contribution in [3.8, 4) is 5.75 Å². The average molecular weight is 511 g/mol. The van der Waals surface area contributed by atoms with E-state index in [1.54, 1.807) is 6.07 Å². The molecule has 0 aliphatic carbocycles. The molecule has 0 unspecified atom stereocenters. The highest BCUT2D eigenvalue weighted by molar-refractivity contribution is 7.92. The molecule has 0 fully saturated rings. The van der Waals surface area contributed by atoms with Crippen LogP contribution in [0.25, 0.3) is 0 Å². The molecule has 34 heavy (non-hydrogen) atoms. The Labute approximate surface area is 199 Å². The van der Waals surface area contributed by atoms with Gasteiger partial charge in [-0.25, -0.2) is 8.42 Å². The Kier molecular flexibility index (Phi) is 6.46. The molecule has 0 bridgehead atoms. The van der Waals surface area contributed by atoms with E-state index in [-0.39, 0.29) is 35.3 Å². The predicted molar refractivity (Wildman–Crippen MR) is 120 cm³/mol. The molecule has 1 aliphatic rings. The molecule has 0 saturated carbocycles. The van der Waals surface area contributed by atoms with Gasteiger partial charge in [0, 0.05) is 29.4 Å². The molecule has 0 atom stereocenters. The van der Waals surface area contributed by atoms with E-state index in [1.807, 2.05) is 0 Å². The molecule has 11 heteroatoms. The van der Waals surface area contributed by atoms with E-state index in [0.29, 0.717) is 16.9 Å². The number of alkyl halides is 3.